The van der Waals surface area contributed by atoms with E-state index < -0.39 is 0 Å². The van der Waals surface area contributed by atoms with Crippen molar-refractivity contribution >= 4 is 17.4 Å². The molecule has 106 valence electrons. The number of benzene rings is 1. The average molecular weight is 282 g/mol. The summed E-state index contributed by atoms with van der Waals surface area (Å²) in [5.41, 5.74) is 6.55. The summed E-state index contributed by atoms with van der Waals surface area (Å²) in [6.45, 7) is 7.29. The van der Waals surface area contributed by atoms with Gasteiger partial charge in [-0.1, -0.05) is 44.5 Å². The Bertz CT molecular complexity index is 423. The zero-order chi connectivity index (χ0) is 14.5. The van der Waals surface area contributed by atoms with Gasteiger partial charge in [0.05, 0.1) is 0 Å². The maximum Gasteiger partial charge on any atom is 0.162 e. The molecule has 0 bridgehead atoms. The minimum absolute atomic E-state index is 0.161. The Morgan fingerprint density at radius 1 is 1.32 bits per heavy atom. The molecule has 1 aromatic carbocycles. The second kappa shape index (κ2) is 7.06. The van der Waals surface area contributed by atoms with Crippen LogP contribution in [-0.4, -0.2) is 12.3 Å². The molecule has 0 aliphatic heterocycles. The van der Waals surface area contributed by atoms with Gasteiger partial charge in [-0.05, 0) is 42.9 Å². The van der Waals surface area contributed by atoms with Crippen LogP contribution in [0.1, 0.15) is 50.4 Å². The predicted octanol–water partition coefficient (Wildman–Crippen LogP) is 4.31. The van der Waals surface area contributed by atoms with E-state index in [0.29, 0.717) is 29.5 Å². The van der Waals surface area contributed by atoms with E-state index in [1.807, 2.05) is 12.1 Å². The summed E-state index contributed by atoms with van der Waals surface area (Å²) in [6, 6.07) is 7.16. The van der Waals surface area contributed by atoms with Crippen molar-refractivity contribution in [1.82, 2.24) is 0 Å². The van der Waals surface area contributed by atoms with Gasteiger partial charge in [-0.2, -0.15) is 0 Å². The number of carbonyl (C=O) groups excluding carboxylic acids is 1. The van der Waals surface area contributed by atoms with E-state index in [1.165, 1.54) is 0 Å². The van der Waals surface area contributed by atoms with Crippen LogP contribution < -0.4 is 5.73 Å². The fourth-order valence-corrected chi connectivity index (χ4v) is 2.51. The van der Waals surface area contributed by atoms with Crippen molar-refractivity contribution in [2.45, 2.75) is 40.0 Å². The van der Waals surface area contributed by atoms with Gasteiger partial charge in [0.25, 0.3) is 0 Å². The van der Waals surface area contributed by atoms with Gasteiger partial charge >= 0.3 is 0 Å². The predicted molar refractivity (Wildman–Crippen MR) is 81.6 cm³/mol. The summed E-state index contributed by atoms with van der Waals surface area (Å²) in [6.07, 6.45) is 2.40. The lowest BCUT2D eigenvalue weighted by Crippen LogP contribution is -2.24. The SMILES string of the molecule is CC(C)(C)C(CCN)CCC(=O)c1cccc(Cl)c1. The van der Waals surface area contributed by atoms with Crippen LogP contribution in [0.15, 0.2) is 24.3 Å². The molecule has 0 radical (unpaired) electrons. The minimum Gasteiger partial charge on any atom is -0.330 e. The number of hydrogen-bond donors (Lipinski definition) is 1. The van der Waals surface area contributed by atoms with Crippen molar-refractivity contribution in [1.29, 1.82) is 0 Å². The van der Waals surface area contributed by atoms with Gasteiger partial charge in [0.1, 0.15) is 0 Å². The standard InChI is InChI=1S/C16H24ClNO/c1-16(2,3)13(9-10-18)7-8-15(19)12-5-4-6-14(17)11-12/h4-6,11,13H,7-10,18H2,1-3H3. The fraction of sp³-hybridized carbons (Fsp3) is 0.562. The first-order chi connectivity index (χ1) is 8.84. The number of rotatable bonds is 6. The molecule has 19 heavy (non-hydrogen) atoms. The molecular weight excluding hydrogens is 258 g/mol. The summed E-state index contributed by atoms with van der Waals surface area (Å²) in [4.78, 5) is 12.1. The van der Waals surface area contributed by atoms with Crippen molar-refractivity contribution in [3.63, 3.8) is 0 Å². The third-order valence-electron chi connectivity index (χ3n) is 3.61. The number of carbonyl (C=O) groups is 1. The smallest absolute Gasteiger partial charge is 0.162 e. The van der Waals surface area contributed by atoms with Crippen LogP contribution in [-0.2, 0) is 0 Å². The quantitative estimate of drug-likeness (QED) is 0.790. The van der Waals surface area contributed by atoms with Crippen LogP contribution >= 0.6 is 11.6 Å². The molecule has 0 spiro atoms. The number of Topliss-reactive ketones (excluding diaryl/α,β-unsaturated/α-hetero) is 1. The zero-order valence-electron chi connectivity index (χ0n) is 12.1. The summed E-state index contributed by atoms with van der Waals surface area (Å²) >= 11 is 5.91. The third-order valence-corrected chi connectivity index (χ3v) is 3.84. The highest BCUT2D eigenvalue weighted by molar-refractivity contribution is 6.31. The fourth-order valence-electron chi connectivity index (χ4n) is 2.32. The minimum atomic E-state index is 0.161. The molecule has 1 atom stereocenters. The monoisotopic (exact) mass is 281 g/mol. The second-order valence-electron chi connectivity index (χ2n) is 6.11. The molecule has 2 N–H and O–H groups in total. The van der Waals surface area contributed by atoms with Crippen LogP contribution in [0.3, 0.4) is 0 Å². The molecule has 0 aliphatic rings. The molecule has 0 amide bonds. The Hall–Kier alpha value is -0.860. The number of nitrogens with two attached hydrogens (primary N) is 1. The van der Waals surface area contributed by atoms with Crippen molar-refractivity contribution in [3.8, 4) is 0 Å². The highest BCUT2D eigenvalue weighted by Crippen LogP contribution is 2.32. The summed E-state index contributed by atoms with van der Waals surface area (Å²) in [5.74, 6) is 0.634. The average Bonchev–Trinajstić information content (AvgIpc) is 2.32. The molecule has 0 aromatic heterocycles. The van der Waals surface area contributed by atoms with Gasteiger partial charge in [-0.25, -0.2) is 0 Å². The van der Waals surface area contributed by atoms with E-state index in [0.717, 1.165) is 12.8 Å². The summed E-state index contributed by atoms with van der Waals surface area (Å²) in [5, 5.41) is 0.611. The first kappa shape index (κ1) is 16.2. The molecule has 0 saturated heterocycles. The van der Waals surface area contributed by atoms with Crippen molar-refractivity contribution in [3.05, 3.63) is 34.9 Å². The Labute approximate surface area is 121 Å². The Kier molecular flexibility index (Phi) is 6.02. The van der Waals surface area contributed by atoms with E-state index in [1.54, 1.807) is 12.1 Å². The van der Waals surface area contributed by atoms with Gasteiger partial charge in [0.15, 0.2) is 5.78 Å². The number of halogens is 1. The molecule has 0 fully saturated rings. The normalized spacial score (nSPS) is 13.3. The second-order valence-corrected chi connectivity index (χ2v) is 6.55. The molecular formula is C16H24ClNO. The summed E-state index contributed by atoms with van der Waals surface area (Å²) in [7, 11) is 0. The maximum absolute atomic E-state index is 12.1. The molecule has 1 rings (SSSR count). The first-order valence-electron chi connectivity index (χ1n) is 6.83. The van der Waals surface area contributed by atoms with E-state index >= 15 is 0 Å². The lowest BCUT2D eigenvalue weighted by molar-refractivity contribution is 0.0958. The molecule has 0 aliphatic carbocycles. The van der Waals surface area contributed by atoms with E-state index in [-0.39, 0.29) is 11.2 Å². The lowest BCUT2D eigenvalue weighted by atomic mass is 9.76. The van der Waals surface area contributed by atoms with Gasteiger partial charge in [0, 0.05) is 17.0 Å². The molecule has 3 heteroatoms. The Morgan fingerprint density at radius 2 is 2.00 bits per heavy atom. The first-order valence-corrected chi connectivity index (χ1v) is 7.21. The molecule has 1 unspecified atom stereocenters. The topological polar surface area (TPSA) is 43.1 Å². The van der Waals surface area contributed by atoms with Crippen LogP contribution in [0, 0.1) is 11.3 Å². The van der Waals surface area contributed by atoms with Crippen molar-refractivity contribution in [2.24, 2.45) is 17.1 Å². The number of hydrogen-bond acceptors (Lipinski definition) is 2. The highest BCUT2D eigenvalue weighted by atomic mass is 35.5. The van der Waals surface area contributed by atoms with Gasteiger partial charge in [-0.3, -0.25) is 4.79 Å². The van der Waals surface area contributed by atoms with Gasteiger partial charge < -0.3 is 5.73 Å². The van der Waals surface area contributed by atoms with E-state index in [9.17, 15) is 4.79 Å². The Balaban J connectivity index is 2.62. The molecule has 2 nitrogen and oxygen atoms in total. The number of ketones is 1. The van der Waals surface area contributed by atoms with E-state index in [4.69, 9.17) is 17.3 Å². The van der Waals surface area contributed by atoms with Gasteiger partial charge in [0.2, 0.25) is 0 Å². The van der Waals surface area contributed by atoms with E-state index in [2.05, 4.69) is 20.8 Å². The largest absolute Gasteiger partial charge is 0.330 e. The maximum atomic E-state index is 12.1. The molecule has 0 saturated carbocycles. The third kappa shape index (κ3) is 5.33. The molecule has 0 heterocycles. The zero-order valence-corrected chi connectivity index (χ0v) is 12.8. The van der Waals surface area contributed by atoms with Crippen LogP contribution in [0.2, 0.25) is 5.02 Å². The Morgan fingerprint density at radius 3 is 2.53 bits per heavy atom. The van der Waals surface area contributed by atoms with Crippen LogP contribution in [0.4, 0.5) is 0 Å². The van der Waals surface area contributed by atoms with Crippen LogP contribution in [0.5, 0.6) is 0 Å². The van der Waals surface area contributed by atoms with Gasteiger partial charge in [-0.15, -0.1) is 0 Å². The highest BCUT2D eigenvalue weighted by Gasteiger charge is 2.24. The van der Waals surface area contributed by atoms with Crippen molar-refractivity contribution in [2.75, 3.05) is 6.54 Å². The lowest BCUT2D eigenvalue weighted by Gasteiger charge is -2.30. The van der Waals surface area contributed by atoms with Crippen molar-refractivity contribution < 1.29 is 4.79 Å². The molecule has 1 aromatic rings. The summed E-state index contributed by atoms with van der Waals surface area (Å²) < 4.78 is 0. The van der Waals surface area contributed by atoms with Crippen LogP contribution in [0.25, 0.3) is 0 Å².